The summed E-state index contributed by atoms with van der Waals surface area (Å²) in [5.74, 6) is -0.201. The molecule has 1 unspecified atom stereocenters. The third kappa shape index (κ3) is 2.96. The number of hydrogen-bond donors (Lipinski definition) is 0. The first-order valence-corrected chi connectivity index (χ1v) is 5.57. The van der Waals surface area contributed by atoms with E-state index in [1.54, 1.807) is 18.7 Å². The molecule has 1 aliphatic heterocycles. The van der Waals surface area contributed by atoms with Gasteiger partial charge in [-0.3, -0.25) is 0 Å². The van der Waals surface area contributed by atoms with Gasteiger partial charge in [-0.2, -0.15) is 30.3 Å². The zero-order valence-electron chi connectivity index (χ0n) is 9.19. The van der Waals surface area contributed by atoms with E-state index in [-0.39, 0.29) is 44.1 Å². The zero-order chi connectivity index (χ0) is 10.8. The van der Waals surface area contributed by atoms with Crippen molar-refractivity contribution in [3.05, 3.63) is 41.5 Å². The van der Waals surface area contributed by atoms with E-state index in [1.807, 2.05) is 31.2 Å². The van der Waals surface area contributed by atoms with Crippen LogP contribution in [0.5, 0.6) is 0 Å². The Morgan fingerprint density at radius 1 is 1.31 bits per heavy atom. The minimum absolute atomic E-state index is 0. The Morgan fingerprint density at radius 2 is 1.94 bits per heavy atom. The van der Waals surface area contributed by atoms with Crippen molar-refractivity contribution in [2.45, 2.75) is 24.2 Å². The van der Waals surface area contributed by atoms with E-state index in [2.05, 4.69) is 6.07 Å². The van der Waals surface area contributed by atoms with Gasteiger partial charge in [0.1, 0.15) is 0 Å². The Morgan fingerprint density at radius 3 is 2.44 bits per heavy atom. The molecular weight excluding hydrogens is 297 g/mol. The van der Waals surface area contributed by atoms with Crippen molar-refractivity contribution >= 4 is 17.7 Å². The number of carbonyl (C=O) groups excluding carboxylic acids is 1. The maximum absolute atomic E-state index is 11.3. The molecule has 0 bridgehead atoms. The van der Waals surface area contributed by atoms with Gasteiger partial charge in [-0.1, -0.05) is 4.90 Å². The average Bonchev–Trinajstić information content (AvgIpc) is 2.48. The minimum Gasteiger partial charge on any atom is -0.443 e. The van der Waals surface area contributed by atoms with Gasteiger partial charge < -0.3 is 4.74 Å². The summed E-state index contributed by atoms with van der Waals surface area (Å²) in [6.45, 7) is 3.74. The zero-order valence-corrected chi connectivity index (χ0v) is 12.8. The molecule has 4 heteroatoms. The van der Waals surface area contributed by atoms with Crippen molar-refractivity contribution in [2.75, 3.05) is 0 Å². The van der Waals surface area contributed by atoms with Gasteiger partial charge in [0.25, 0.3) is 0 Å². The van der Waals surface area contributed by atoms with E-state index >= 15 is 0 Å². The Labute approximate surface area is 125 Å². The van der Waals surface area contributed by atoms with Crippen LogP contribution >= 0.6 is 11.8 Å². The van der Waals surface area contributed by atoms with Crippen LogP contribution in [-0.4, -0.2) is 11.4 Å². The Kier molecular flexibility index (Phi) is 5.22. The van der Waals surface area contributed by atoms with Gasteiger partial charge in [-0.05, 0) is 19.4 Å². The number of benzene rings is 1. The van der Waals surface area contributed by atoms with Crippen molar-refractivity contribution in [3.8, 4) is 0 Å². The number of rotatable bonds is 2. The van der Waals surface area contributed by atoms with E-state index < -0.39 is 0 Å². The predicted molar refractivity (Wildman–Crippen MR) is 59.4 cm³/mol. The first-order valence-electron chi connectivity index (χ1n) is 4.69. The molecule has 0 amide bonds. The Bertz CT molecular complexity index is 414. The number of carbonyl (C=O) groups is 1. The summed E-state index contributed by atoms with van der Waals surface area (Å²) in [6, 6.07) is 10.6. The SMILES string of the molecule is CC1=C(C)C(Sc2cc[c-]cc2)OC1=O.[Y]. The van der Waals surface area contributed by atoms with E-state index in [4.69, 9.17) is 4.74 Å². The van der Waals surface area contributed by atoms with E-state index in [0.717, 1.165) is 16.0 Å². The van der Waals surface area contributed by atoms with Crippen molar-refractivity contribution in [1.29, 1.82) is 0 Å². The molecule has 0 N–H and O–H groups in total. The molecule has 0 spiro atoms. The minimum atomic E-state index is -0.201. The van der Waals surface area contributed by atoms with E-state index in [0.29, 0.717) is 0 Å². The molecule has 0 saturated heterocycles. The standard InChI is InChI=1S/C12H11O2S.Y/c1-8-9(2)12(14-11(8)13)15-10-6-4-3-5-7-10;/h4-7,12H,1-2H3;/q-1;. The molecule has 1 radical (unpaired) electrons. The van der Waals surface area contributed by atoms with Crippen molar-refractivity contribution in [1.82, 2.24) is 0 Å². The first kappa shape index (κ1) is 13.9. The molecule has 1 aliphatic rings. The summed E-state index contributed by atoms with van der Waals surface area (Å²) in [7, 11) is 0. The smallest absolute Gasteiger partial charge is 0.335 e. The van der Waals surface area contributed by atoms with Crippen LogP contribution in [0, 0.1) is 6.07 Å². The molecule has 2 rings (SSSR count). The normalized spacial score (nSPS) is 19.4. The van der Waals surface area contributed by atoms with Crippen LogP contribution in [0.15, 0.2) is 40.3 Å². The molecule has 0 aromatic heterocycles. The molecular formula is C12H11O2SY-. The van der Waals surface area contributed by atoms with E-state index in [1.165, 1.54) is 0 Å². The summed E-state index contributed by atoms with van der Waals surface area (Å²) >= 11 is 1.55. The van der Waals surface area contributed by atoms with Gasteiger partial charge in [0.2, 0.25) is 0 Å². The summed E-state index contributed by atoms with van der Waals surface area (Å²) in [5, 5.41) is 0. The van der Waals surface area contributed by atoms with Crippen LogP contribution in [0.1, 0.15) is 13.8 Å². The summed E-state index contributed by atoms with van der Waals surface area (Å²) < 4.78 is 5.23. The first-order chi connectivity index (χ1) is 7.18. The maximum Gasteiger partial charge on any atom is 0.335 e. The summed E-state index contributed by atoms with van der Waals surface area (Å²) in [4.78, 5) is 12.4. The number of hydrogen-bond acceptors (Lipinski definition) is 3. The van der Waals surface area contributed by atoms with Gasteiger partial charge in [0, 0.05) is 38.3 Å². The second-order valence-corrected chi connectivity index (χ2v) is 4.53. The molecule has 0 aliphatic carbocycles. The average molecular weight is 308 g/mol. The Hall–Kier alpha value is -0.116. The Balaban J connectivity index is 0.00000128. The van der Waals surface area contributed by atoms with Crippen molar-refractivity contribution < 1.29 is 42.2 Å². The molecule has 1 atom stereocenters. The van der Waals surface area contributed by atoms with Crippen LogP contribution in [0.4, 0.5) is 0 Å². The third-order valence-electron chi connectivity index (χ3n) is 2.40. The number of cyclic esters (lactones) is 1. The molecule has 1 heterocycles. The largest absolute Gasteiger partial charge is 0.443 e. The molecule has 0 fully saturated rings. The molecule has 16 heavy (non-hydrogen) atoms. The fourth-order valence-electron chi connectivity index (χ4n) is 1.30. The van der Waals surface area contributed by atoms with Crippen molar-refractivity contribution in [3.63, 3.8) is 0 Å². The third-order valence-corrected chi connectivity index (χ3v) is 3.60. The quantitative estimate of drug-likeness (QED) is 0.621. The van der Waals surface area contributed by atoms with E-state index in [9.17, 15) is 4.79 Å². The second-order valence-electron chi connectivity index (χ2n) is 3.40. The van der Waals surface area contributed by atoms with Gasteiger partial charge in [0.15, 0.2) is 5.44 Å². The number of esters is 1. The van der Waals surface area contributed by atoms with Gasteiger partial charge in [0.05, 0.1) is 0 Å². The van der Waals surface area contributed by atoms with Gasteiger partial charge in [-0.15, -0.1) is 11.8 Å². The summed E-state index contributed by atoms with van der Waals surface area (Å²) in [5.41, 5.74) is 1.58. The molecule has 1 aromatic rings. The van der Waals surface area contributed by atoms with Crippen LogP contribution in [0.2, 0.25) is 0 Å². The number of ether oxygens (including phenoxy) is 1. The molecule has 0 saturated carbocycles. The van der Waals surface area contributed by atoms with Crippen LogP contribution in [0.3, 0.4) is 0 Å². The molecule has 1 aromatic carbocycles. The predicted octanol–water partition coefficient (Wildman–Crippen LogP) is 2.80. The topological polar surface area (TPSA) is 26.3 Å². The van der Waals surface area contributed by atoms with Crippen LogP contribution < -0.4 is 0 Å². The van der Waals surface area contributed by atoms with Crippen molar-refractivity contribution in [2.24, 2.45) is 0 Å². The molecule has 2 nitrogen and oxygen atoms in total. The summed E-state index contributed by atoms with van der Waals surface area (Å²) in [6.07, 6.45) is 0. The van der Waals surface area contributed by atoms with Crippen LogP contribution in [0.25, 0.3) is 0 Å². The van der Waals surface area contributed by atoms with Crippen LogP contribution in [-0.2, 0) is 42.2 Å². The van der Waals surface area contributed by atoms with Gasteiger partial charge in [-0.25, -0.2) is 4.79 Å². The van der Waals surface area contributed by atoms with Gasteiger partial charge >= 0.3 is 5.97 Å². The fourth-order valence-corrected chi connectivity index (χ4v) is 2.33. The molecule has 81 valence electrons. The monoisotopic (exact) mass is 308 g/mol. The maximum atomic E-state index is 11.3. The number of thioether (sulfide) groups is 1. The fraction of sp³-hybridized carbons (Fsp3) is 0.250. The second kappa shape index (κ2) is 5.99.